The minimum absolute atomic E-state index is 0.777. The van der Waals surface area contributed by atoms with E-state index in [1.165, 1.54) is 77.4 Å². The average Bonchev–Trinajstić information content (AvgIpc) is 2.74. The number of hydrogen-bond acceptors (Lipinski definition) is 2. The molecule has 2 saturated carbocycles. The van der Waals surface area contributed by atoms with Crippen LogP contribution in [0.1, 0.15) is 71.6 Å². The molecule has 1 N–H and O–H groups in total. The van der Waals surface area contributed by atoms with Gasteiger partial charge in [0.1, 0.15) is 0 Å². The Morgan fingerprint density at radius 2 is 1.71 bits per heavy atom. The van der Waals surface area contributed by atoms with Crippen molar-refractivity contribution in [1.82, 2.24) is 10.2 Å². The Balaban J connectivity index is 1.61. The van der Waals surface area contributed by atoms with Crippen LogP contribution in [0.4, 0.5) is 0 Å². The average molecular weight is 293 g/mol. The zero-order chi connectivity index (χ0) is 14.7. The normalized spacial score (nSPS) is 40.9. The van der Waals surface area contributed by atoms with Crippen LogP contribution in [0.2, 0.25) is 0 Å². The standard InChI is InChI=1S/C19H36N2/c1-15-9-10-19(16(2)13-15)21-12-6-11-20-18(14-21)17-7-4-3-5-8-17/h15-20H,3-14H2,1-2H3. The maximum Gasteiger partial charge on any atom is 0.0223 e. The lowest BCUT2D eigenvalue weighted by Crippen LogP contribution is -2.49. The maximum absolute atomic E-state index is 3.90. The summed E-state index contributed by atoms with van der Waals surface area (Å²) in [5, 5.41) is 3.90. The van der Waals surface area contributed by atoms with E-state index < -0.39 is 0 Å². The molecule has 1 heterocycles. The molecule has 3 fully saturated rings. The van der Waals surface area contributed by atoms with Gasteiger partial charge in [0.25, 0.3) is 0 Å². The van der Waals surface area contributed by atoms with Crippen LogP contribution in [0.15, 0.2) is 0 Å². The molecule has 1 aliphatic heterocycles. The summed E-state index contributed by atoms with van der Waals surface area (Å²) in [7, 11) is 0. The van der Waals surface area contributed by atoms with Crippen molar-refractivity contribution in [1.29, 1.82) is 0 Å². The molecule has 0 amide bonds. The second kappa shape index (κ2) is 7.46. The van der Waals surface area contributed by atoms with Gasteiger partial charge in [-0.25, -0.2) is 0 Å². The lowest BCUT2D eigenvalue weighted by Gasteiger charge is -2.42. The lowest BCUT2D eigenvalue weighted by molar-refractivity contribution is 0.0822. The van der Waals surface area contributed by atoms with E-state index >= 15 is 0 Å². The number of nitrogens with zero attached hydrogens (tertiary/aromatic N) is 1. The van der Waals surface area contributed by atoms with Crippen LogP contribution in [-0.4, -0.2) is 36.6 Å². The molecule has 1 saturated heterocycles. The molecule has 0 aromatic rings. The van der Waals surface area contributed by atoms with Crippen molar-refractivity contribution in [3.63, 3.8) is 0 Å². The van der Waals surface area contributed by atoms with Crippen molar-refractivity contribution >= 4 is 0 Å². The Kier molecular flexibility index (Phi) is 5.61. The summed E-state index contributed by atoms with van der Waals surface area (Å²) in [6.07, 6.45) is 13.1. The first-order valence-electron chi connectivity index (χ1n) is 9.71. The summed E-state index contributed by atoms with van der Waals surface area (Å²) < 4.78 is 0. The van der Waals surface area contributed by atoms with Crippen LogP contribution < -0.4 is 5.32 Å². The Labute approximate surface area is 132 Å². The second-order valence-electron chi connectivity index (χ2n) is 8.27. The summed E-state index contributed by atoms with van der Waals surface area (Å²) in [6.45, 7) is 8.86. The van der Waals surface area contributed by atoms with Gasteiger partial charge in [-0.2, -0.15) is 0 Å². The zero-order valence-electron chi connectivity index (χ0n) is 14.3. The maximum atomic E-state index is 3.90. The third kappa shape index (κ3) is 4.01. The highest BCUT2D eigenvalue weighted by Gasteiger charge is 2.34. The number of hydrogen-bond donors (Lipinski definition) is 1. The third-order valence-electron chi connectivity index (χ3n) is 6.53. The summed E-state index contributed by atoms with van der Waals surface area (Å²) in [6, 6.07) is 1.64. The molecule has 0 aromatic carbocycles. The minimum atomic E-state index is 0.777. The number of nitrogens with one attached hydrogen (secondary N) is 1. The lowest BCUT2D eigenvalue weighted by atomic mass is 9.78. The SMILES string of the molecule is CC1CCC(N2CCCNC(C3CCCCC3)C2)C(C)C1. The van der Waals surface area contributed by atoms with E-state index in [0.29, 0.717) is 0 Å². The van der Waals surface area contributed by atoms with E-state index in [1.807, 2.05) is 0 Å². The predicted octanol–water partition coefficient (Wildman–Crippen LogP) is 4.06. The minimum Gasteiger partial charge on any atom is -0.312 e. The van der Waals surface area contributed by atoms with Crippen LogP contribution in [0.3, 0.4) is 0 Å². The molecular formula is C19H36N2. The van der Waals surface area contributed by atoms with E-state index in [2.05, 4.69) is 24.1 Å². The van der Waals surface area contributed by atoms with Gasteiger partial charge in [0.2, 0.25) is 0 Å². The molecule has 4 atom stereocenters. The molecule has 0 aromatic heterocycles. The molecule has 4 unspecified atom stereocenters. The van der Waals surface area contributed by atoms with Crippen LogP contribution >= 0.6 is 0 Å². The van der Waals surface area contributed by atoms with E-state index in [1.54, 1.807) is 0 Å². The van der Waals surface area contributed by atoms with Crippen molar-refractivity contribution in [2.45, 2.75) is 83.7 Å². The van der Waals surface area contributed by atoms with Gasteiger partial charge in [-0.1, -0.05) is 33.1 Å². The van der Waals surface area contributed by atoms with E-state index in [9.17, 15) is 0 Å². The monoisotopic (exact) mass is 292 g/mol. The van der Waals surface area contributed by atoms with Gasteiger partial charge in [0.15, 0.2) is 0 Å². The fourth-order valence-electron chi connectivity index (χ4n) is 5.32. The van der Waals surface area contributed by atoms with Crippen LogP contribution in [-0.2, 0) is 0 Å². The quantitative estimate of drug-likeness (QED) is 0.826. The predicted molar refractivity (Wildman–Crippen MR) is 90.5 cm³/mol. The van der Waals surface area contributed by atoms with Crippen molar-refractivity contribution in [3.05, 3.63) is 0 Å². The molecule has 0 radical (unpaired) electrons. The van der Waals surface area contributed by atoms with Crippen molar-refractivity contribution < 1.29 is 0 Å². The van der Waals surface area contributed by atoms with E-state index in [0.717, 1.165) is 29.8 Å². The fraction of sp³-hybridized carbons (Fsp3) is 1.00. The van der Waals surface area contributed by atoms with Gasteiger partial charge >= 0.3 is 0 Å². The molecule has 2 heteroatoms. The molecular weight excluding hydrogens is 256 g/mol. The van der Waals surface area contributed by atoms with Crippen molar-refractivity contribution in [2.75, 3.05) is 19.6 Å². The molecule has 3 rings (SSSR count). The van der Waals surface area contributed by atoms with E-state index in [-0.39, 0.29) is 0 Å². The Morgan fingerprint density at radius 1 is 0.905 bits per heavy atom. The molecule has 2 nitrogen and oxygen atoms in total. The van der Waals surface area contributed by atoms with Crippen LogP contribution in [0.5, 0.6) is 0 Å². The van der Waals surface area contributed by atoms with Crippen LogP contribution in [0, 0.1) is 17.8 Å². The first-order valence-corrected chi connectivity index (χ1v) is 9.71. The van der Waals surface area contributed by atoms with E-state index in [4.69, 9.17) is 0 Å². The topological polar surface area (TPSA) is 15.3 Å². The fourth-order valence-corrected chi connectivity index (χ4v) is 5.32. The second-order valence-corrected chi connectivity index (χ2v) is 8.27. The van der Waals surface area contributed by atoms with Crippen molar-refractivity contribution in [3.8, 4) is 0 Å². The highest BCUT2D eigenvalue weighted by Crippen LogP contribution is 2.34. The van der Waals surface area contributed by atoms with Gasteiger partial charge in [-0.3, -0.25) is 4.90 Å². The molecule has 21 heavy (non-hydrogen) atoms. The van der Waals surface area contributed by atoms with Gasteiger partial charge in [-0.05, 0) is 69.4 Å². The Morgan fingerprint density at radius 3 is 2.48 bits per heavy atom. The van der Waals surface area contributed by atoms with Gasteiger partial charge in [-0.15, -0.1) is 0 Å². The smallest absolute Gasteiger partial charge is 0.0223 e. The van der Waals surface area contributed by atoms with Gasteiger partial charge < -0.3 is 5.32 Å². The number of rotatable bonds is 2. The summed E-state index contributed by atoms with van der Waals surface area (Å²) >= 11 is 0. The van der Waals surface area contributed by atoms with Crippen LogP contribution in [0.25, 0.3) is 0 Å². The Hall–Kier alpha value is -0.0800. The van der Waals surface area contributed by atoms with Crippen molar-refractivity contribution in [2.24, 2.45) is 17.8 Å². The van der Waals surface area contributed by atoms with Gasteiger partial charge in [0.05, 0.1) is 0 Å². The summed E-state index contributed by atoms with van der Waals surface area (Å²) in [5.41, 5.74) is 0. The van der Waals surface area contributed by atoms with Gasteiger partial charge in [0, 0.05) is 18.6 Å². The Bertz CT molecular complexity index is 311. The molecule has 2 aliphatic carbocycles. The first kappa shape index (κ1) is 15.8. The molecule has 122 valence electrons. The molecule has 0 spiro atoms. The summed E-state index contributed by atoms with van der Waals surface area (Å²) in [4.78, 5) is 2.88. The first-order chi connectivity index (χ1) is 10.2. The third-order valence-corrected chi connectivity index (χ3v) is 6.53. The highest BCUT2D eigenvalue weighted by molar-refractivity contribution is 4.90. The molecule has 0 bridgehead atoms. The zero-order valence-corrected chi connectivity index (χ0v) is 14.3. The molecule has 3 aliphatic rings. The highest BCUT2D eigenvalue weighted by atomic mass is 15.2. The largest absolute Gasteiger partial charge is 0.312 e. The summed E-state index contributed by atoms with van der Waals surface area (Å²) in [5.74, 6) is 2.81.